The first kappa shape index (κ1) is 13.2. The molecule has 0 aromatic carbocycles. The zero-order valence-corrected chi connectivity index (χ0v) is 10.2. The molecule has 0 saturated carbocycles. The van der Waals surface area contributed by atoms with Gasteiger partial charge in [-0.15, -0.1) is 0 Å². The summed E-state index contributed by atoms with van der Waals surface area (Å²) in [5.74, 6) is 0.161. The summed E-state index contributed by atoms with van der Waals surface area (Å²) in [5, 5.41) is 0. The third-order valence-electron chi connectivity index (χ3n) is 2.08. The van der Waals surface area contributed by atoms with Crippen LogP contribution in [-0.2, 0) is 9.53 Å². The molecule has 0 aromatic rings. The highest BCUT2D eigenvalue weighted by Gasteiger charge is 2.14. The molecule has 0 aliphatic carbocycles. The van der Waals surface area contributed by atoms with Crippen LogP contribution in [0.4, 0.5) is 0 Å². The Morgan fingerprint density at radius 1 is 1.36 bits per heavy atom. The van der Waals surface area contributed by atoms with Gasteiger partial charge in [0.25, 0.3) is 0 Å². The third-order valence-corrected chi connectivity index (χ3v) is 2.08. The second kappa shape index (κ2) is 5.18. The Hall–Kier alpha value is -0.790. The number of ether oxygens (including phenoxy) is 1. The lowest BCUT2D eigenvalue weighted by Crippen LogP contribution is -2.12. The highest BCUT2D eigenvalue weighted by Crippen LogP contribution is 2.24. The number of esters is 1. The van der Waals surface area contributed by atoms with E-state index >= 15 is 0 Å². The van der Waals surface area contributed by atoms with Crippen molar-refractivity contribution >= 4 is 5.97 Å². The van der Waals surface area contributed by atoms with Gasteiger partial charge >= 0.3 is 5.97 Å². The Balaban J connectivity index is 4.17. The van der Waals surface area contributed by atoms with Crippen LogP contribution >= 0.6 is 0 Å². The summed E-state index contributed by atoms with van der Waals surface area (Å²) >= 11 is 0. The topological polar surface area (TPSA) is 26.3 Å². The summed E-state index contributed by atoms with van der Waals surface area (Å²) in [6.45, 7) is 12.7. The van der Waals surface area contributed by atoms with E-state index in [0.29, 0.717) is 12.5 Å². The Morgan fingerprint density at radius 3 is 2.21 bits per heavy atom. The van der Waals surface area contributed by atoms with Gasteiger partial charge in [-0.3, -0.25) is 0 Å². The second-order valence-electron chi connectivity index (χ2n) is 5.10. The van der Waals surface area contributed by atoms with E-state index in [1.165, 1.54) is 0 Å². The standard InChI is InChI=1S/C12H22O2/c1-9(2)8-14-11(13)7-10(3)12(4,5)6/h7,9H,8H2,1-6H3/b10-7+. The van der Waals surface area contributed by atoms with Crippen molar-refractivity contribution in [1.29, 1.82) is 0 Å². The lowest BCUT2D eigenvalue weighted by Gasteiger charge is -2.19. The maximum absolute atomic E-state index is 11.3. The Labute approximate surface area is 87.3 Å². The van der Waals surface area contributed by atoms with Crippen molar-refractivity contribution in [3.05, 3.63) is 11.6 Å². The van der Waals surface area contributed by atoms with Crippen LogP contribution in [0.5, 0.6) is 0 Å². The zero-order valence-electron chi connectivity index (χ0n) is 10.2. The molecular formula is C12H22O2. The molecule has 0 rings (SSSR count). The van der Waals surface area contributed by atoms with Gasteiger partial charge in [0.1, 0.15) is 0 Å². The predicted molar refractivity (Wildman–Crippen MR) is 59.0 cm³/mol. The summed E-state index contributed by atoms with van der Waals surface area (Å²) in [5.41, 5.74) is 1.09. The first-order chi connectivity index (χ1) is 6.23. The molecule has 0 bridgehead atoms. The monoisotopic (exact) mass is 198 g/mol. The van der Waals surface area contributed by atoms with Crippen LogP contribution in [0.15, 0.2) is 11.6 Å². The summed E-state index contributed by atoms with van der Waals surface area (Å²) in [4.78, 5) is 11.3. The summed E-state index contributed by atoms with van der Waals surface area (Å²) in [6, 6.07) is 0. The number of carbonyl (C=O) groups excluding carboxylic acids is 1. The molecule has 14 heavy (non-hydrogen) atoms. The fourth-order valence-electron chi connectivity index (χ4n) is 0.684. The van der Waals surface area contributed by atoms with Crippen molar-refractivity contribution in [3.63, 3.8) is 0 Å². The van der Waals surface area contributed by atoms with Crippen molar-refractivity contribution in [2.75, 3.05) is 6.61 Å². The van der Waals surface area contributed by atoms with E-state index in [4.69, 9.17) is 4.74 Å². The minimum absolute atomic E-state index is 0.0385. The average Bonchev–Trinajstić information content (AvgIpc) is 1.99. The van der Waals surface area contributed by atoms with Gasteiger partial charge in [-0.25, -0.2) is 4.79 Å². The highest BCUT2D eigenvalue weighted by atomic mass is 16.5. The van der Waals surface area contributed by atoms with Crippen LogP contribution in [-0.4, -0.2) is 12.6 Å². The number of hydrogen-bond acceptors (Lipinski definition) is 2. The van der Waals surface area contributed by atoms with Gasteiger partial charge in [-0.1, -0.05) is 40.2 Å². The van der Waals surface area contributed by atoms with Crippen LogP contribution < -0.4 is 0 Å². The maximum Gasteiger partial charge on any atom is 0.330 e. The quantitative estimate of drug-likeness (QED) is 0.514. The van der Waals surface area contributed by atoms with E-state index in [1.807, 2.05) is 20.8 Å². The first-order valence-electron chi connectivity index (χ1n) is 5.09. The van der Waals surface area contributed by atoms with E-state index < -0.39 is 0 Å². The van der Waals surface area contributed by atoms with Crippen molar-refractivity contribution in [2.45, 2.75) is 41.5 Å². The average molecular weight is 198 g/mol. The summed E-state index contributed by atoms with van der Waals surface area (Å²) in [7, 11) is 0. The maximum atomic E-state index is 11.3. The number of allylic oxidation sites excluding steroid dienone is 1. The van der Waals surface area contributed by atoms with Crippen LogP contribution in [0.3, 0.4) is 0 Å². The summed E-state index contributed by atoms with van der Waals surface area (Å²) in [6.07, 6.45) is 1.59. The second-order valence-corrected chi connectivity index (χ2v) is 5.10. The fourth-order valence-corrected chi connectivity index (χ4v) is 0.684. The van der Waals surface area contributed by atoms with E-state index in [-0.39, 0.29) is 11.4 Å². The third kappa shape index (κ3) is 5.79. The van der Waals surface area contributed by atoms with Crippen molar-refractivity contribution in [1.82, 2.24) is 0 Å². The number of carbonyl (C=O) groups is 1. The number of hydrogen-bond donors (Lipinski definition) is 0. The van der Waals surface area contributed by atoms with Crippen LogP contribution in [0.1, 0.15) is 41.5 Å². The lowest BCUT2D eigenvalue weighted by molar-refractivity contribution is -0.138. The van der Waals surface area contributed by atoms with Gasteiger partial charge in [0, 0.05) is 6.08 Å². The molecule has 2 nitrogen and oxygen atoms in total. The predicted octanol–water partition coefficient (Wildman–Crippen LogP) is 3.18. The van der Waals surface area contributed by atoms with Gasteiger partial charge < -0.3 is 4.74 Å². The molecule has 0 spiro atoms. The Morgan fingerprint density at radius 2 is 1.86 bits per heavy atom. The molecule has 2 heteroatoms. The van der Waals surface area contributed by atoms with Crippen molar-refractivity contribution in [2.24, 2.45) is 11.3 Å². The van der Waals surface area contributed by atoms with Crippen molar-refractivity contribution < 1.29 is 9.53 Å². The van der Waals surface area contributed by atoms with Crippen LogP contribution in [0, 0.1) is 11.3 Å². The molecule has 0 fully saturated rings. The SMILES string of the molecule is C/C(=C\C(=O)OCC(C)C)C(C)(C)C. The highest BCUT2D eigenvalue weighted by molar-refractivity contribution is 5.82. The fraction of sp³-hybridized carbons (Fsp3) is 0.750. The zero-order chi connectivity index (χ0) is 11.4. The number of rotatable bonds is 3. The molecule has 82 valence electrons. The van der Waals surface area contributed by atoms with Gasteiger partial charge in [0.15, 0.2) is 0 Å². The molecule has 0 N–H and O–H groups in total. The van der Waals surface area contributed by atoms with E-state index in [2.05, 4.69) is 20.8 Å². The Bertz CT molecular complexity index is 219. The Kier molecular flexibility index (Phi) is 4.89. The molecule has 0 aromatic heterocycles. The molecule has 0 saturated heterocycles. The molecule has 0 heterocycles. The van der Waals surface area contributed by atoms with Crippen molar-refractivity contribution in [3.8, 4) is 0 Å². The molecule has 0 radical (unpaired) electrons. The van der Waals surface area contributed by atoms with Crippen LogP contribution in [0.25, 0.3) is 0 Å². The molecule has 0 aliphatic rings. The van der Waals surface area contributed by atoms with E-state index in [9.17, 15) is 4.79 Å². The van der Waals surface area contributed by atoms with Gasteiger partial charge in [-0.05, 0) is 18.3 Å². The van der Waals surface area contributed by atoms with Crippen LogP contribution in [0.2, 0.25) is 0 Å². The molecule has 0 amide bonds. The molecule has 0 aliphatic heterocycles. The molecule has 0 atom stereocenters. The van der Waals surface area contributed by atoms with Gasteiger partial charge in [-0.2, -0.15) is 0 Å². The van der Waals surface area contributed by atoms with Gasteiger partial charge in [0.05, 0.1) is 6.61 Å². The molecular weight excluding hydrogens is 176 g/mol. The normalized spacial score (nSPS) is 13.2. The first-order valence-corrected chi connectivity index (χ1v) is 5.09. The minimum Gasteiger partial charge on any atom is -0.462 e. The van der Waals surface area contributed by atoms with E-state index in [1.54, 1.807) is 6.08 Å². The summed E-state index contributed by atoms with van der Waals surface area (Å²) < 4.78 is 5.05. The smallest absolute Gasteiger partial charge is 0.330 e. The lowest BCUT2D eigenvalue weighted by atomic mass is 9.87. The van der Waals surface area contributed by atoms with Gasteiger partial charge in [0.2, 0.25) is 0 Å². The largest absolute Gasteiger partial charge is 0.462 e. The molecule has 0 unspecified atom stereocenters. The minimum atomic E-state index is -0.230. The van der Waals surface area contributed by atoms with E-state index in [0.717, 1.165) is 5.57 Å².